The fourth-order valence-electron chi connectivity index (χ4n) is 3.89. The van der Waals surface area contributed by atoms with E-state index < -0.39 is 0 Å². The summed E-state index contributed by atoms with van der Waals surface area (Å²) in [6.07, 6.45) is 1.53. The Kier molecular flexibility index (Phi) is 6.09. The van der Waals surface area contributed by atoms with Crippen LogP contribution in [-0.2, 0) is 16.2 Å². The van der Waals surface area contributed by atoms with Crippen LogP contribution < -0.4 is 0 Å². The number of benzene rings is 2. The fraction of sp³-hybridized carbons (Fsp3) is 0.348. The molecular weight excluding hydrogens is 380 g/mol. The van der Waals surface area contributed by atoms with Crippen molar-refractivity contribution < 1.29 is 14.6 Å². The molecule has 0 aliphatic carbocycles. The van der Waals surface area contributed by atoms with Crippen molar-refractivity contribution in [2.75, 3.05) is 19.7 Å². The topological polar surface area (TPSA) is 79.4 Å². The summed E-state index contributed by atoms with van der Waals surface area (Å²) < 4.78 is 7.01. The second kappa shape index (κ2) is 9.09. The number of para-hydroxylation sites is 1. The molecule has 0 amide bonds. The van der Waals surface area contributed by atoms with Gasteiger partial charge in [0, 0.05) is 18.5 Å². The first-order valence-corrected chi connectivity index (χ1v) is 10.3. The van der Waals surface area contributed by atoms with Crippen LogP contribution in [0, 0.1) is 5.92 Å². The average molecular weight is 406 g/mol. The monoisotopic (exact) mass is 406 g/mol. The zero-order valence-electron chi connectivity index (χ0n) is 17.1. The molecule has 0 saturated carbocycles. The Morgan fingerprint density at radius 1 is 1.07 bits per heavy atom. The van der Waals surface area contributed by atoms with Gasteiger partial charge in [-0.1, -0.05) is 36.4 Å². The molecule has 3 aromatic rings. The highest BCUT2D eigenvalue weighted by atomic mass is 16.5. The first kappa shape index (κ1) is 20.1. The van der Waals surface area contributed by atoms with Gasteiger partial charge in [-0.15, -0.1) is 5.11 Å². The maximum atomic E-state index is 12.0. The molecule has 0 bridgehead atoms. The largest absolute Gasteiger partial charge is 0.493 e. The third kappa shape index (κ3) is 4.21. The number of ether oxygens (including phenoxy) is 1. The second-order valence-corrected chi connectivity index (χ2v) is 7.44. The van der Waals surface area contributed by atoms with Crippen molar-refractivity contribution >= 4 is 28.2 Å². The molecule has 1 aliphatic rings. The van der Waals surface area contributed by atoms with Gasteiger partial charge in [0.05, 0.1) is 30.4 Å². The normalized spacial score (nSPS) is 15.8. The molecule has 7 nitrogen and oxygen atoms in total. The van der Waals surface area contributed by atoms with Crippen molar-refractivity contribution in [3.63, 3.8) is 0 Å². The predicted molar refractivity (Wildman–Crippen MR) is 115 cm³/mol. The van der Waals surface area contributed by atoms with Crippen molar-refractivity contribution in [3.05, 3.63) is 54.6 Å². The average Bonchev–Trinajstić information content (AvgIpc) is 3.04. The first-order chi connectivity index (χ1) is 14.7. The van der Waals surface area contributed by atoms with Crippen molar-refractivity contribution in [2.24, 2.45) is 16.1 Å². The molecular formula is C23H26N4O3. The number of nitrogens with zero attached hydrogens (tertiary/aromatic N) is 4. The molecule has 0 unspecified atom stereocenters. The highest BCUT2D eigenvalue weighted by molar-refractivity contribution is 5.95. The number of aromatic nitrogens is 1. The van der Waals surface area contributed by atoms with Crippen LogP contribution in [0.15, 0.2) is 64.8 Å². The van der Waals surface area contributed by atoms with E-state index in [2.05, 4.69) is 15.1 Å². The number of fused-ring (bicyclic) bond motifs is 1. The van der Waals surface area contributed by atoms with Gasteiger partial charge in [0.2, 0.25) is 5.88 Å². The SMILES string of the molecule is CCOC(=O)C1CCN(Cn2c(O)c(N=Nc3ccccc3)c3ccccc32)CC1. The highest BCUT2D eigenvalue weighted by Gasteiger charge is 2.27. The quantitative estimate of drug-likeness (QED) is 0.462. The third-order valence-electron chi connectivity index (χ3n) is 5.49. The summed E-state index contributed by atoms with van der Waals surface area (Å²) in [6.45, 7) is 4.33. The minimum absolute atomic E-state index is 0.0357. The number of rotatable bonds is 6. The van der Waals surface area contributed by atoms with E-state index in [0.717, 1.165) is 42.5 Å². The number of azo groups is 1. The molecule has 0 radical (unpaired) electrons. The standard InChI is InChI=1S/C23H26N4O3/c1-2-30-23(29)17-12-14-26(15-13-17)16-27-20-11-7-6-10-19(20)21(22(27)28)25-24-18-8-4-3-5-9-18/h3-11,17,28H,2,12-16H2,1H3. The summed E-state index contributed by atoms with van der Waals surface area (Å²) in [7, 11) is 0. The van der Waals surface area contributed by atoms with Crippen molar-refractivity contribution in [1.29, 1.82) is 0 Å². The maximum absolute atomic E-state index is 12.0. The lowest BCUT2D eigenvalue weighted by atomic mass is 9.97. The maximum Gasteiger partial charge on any atom is 0.309 e. The molecule has 2 heterocycles. The van der Waals surface area contributed by atoms with Crippen LogP contribution in [0.3, 0.4) is 0 Å². The molecule has 2 aromatic carbocycles. The third-order valence-corrected chi connectivity index (χ3v) is 5.49. The van der Waals surface area contributed by atoms with Gasteiger partial charge in [0.15, 0.2) is 5.69 Å². The molecule has 1 aliphatic heterocycles. The number of hydrogen-bond acceptors (Lipinski definition) is 6. The lowest BCUT2D eigenvalue weighted by Crippen LogP contribution is -2.37. The Hall–Kier alpha value is -3.19. The van der Waals surface area contributed by atoms with Crippen molar-refractivity contribution in [1.82, 2.24) is 9.47 Å². The van der Waals surface area contributed by atoms with Crippen LogP contribution in [0.1, 0.15) is 19.8 Å². The lowest BCUT2D eigenvalue weighted by Gasteiger charge is -2.31. The molecule has 0 atom stereocenters. The molecule has 1 aromatic heterocycles. The molecule has 156 valence electrons. The lowest BCUT2D eigenvalue weighted by molar-refractivity contribution is -0.149. The number of likely N-dealkylation sites (tertiary alicyclic amines) is 1. The number of piperidine rings is 1. The first-order valence-electron chi connectivity index (χ1n) is 10.3. The van der Waals surface area contributed by atoms with E-state index in [1.807, 2.05) is 66.1 Å². The van der Waals surface area contributed by atoms with E-state index in [9.17, 15) is 9.90 Å². The Labute approximate surface area is 175 Å². The Bertz CT molecular complexity index is 1040. The van der Waals surface area contributed by atoms with Crippen LogP contribution in [0.4, 0.5) is 11.4 Å². The molecule has 30 heavy (non-hydrogen) atoms. The van der Waals surface area contributed by atoms with E-state index in [-0.39, 0.29) is 17.8 Å². The van der Waals surface area contributed by atoms with E-state index in [1.165, 1.54) is 0 Å². The summed E-state index contributed by atoms with van der Waals surface area (Å²) in [5.41, 5.74) is 2.11. The minimum atomic E-state index is -0.102. The number of hydrogen-bond donors (Lipinski definition) is 1. The molecule has 1 fully saturated rings. The van der Waals surface area contributed by atoms with Gasteiger partial charge in [-0.3, -0.25) is 14.3 Å². The molecule has 0 spiro atoms. The zero-order valence-corrected chi connectivity index (χ0v) is 17.1. The van der Waals surface area contributed by atoms with E-state index >= 15 is 0 Å². The fourth-order valence-corrected chi connectivity index (χ4v) is 3.89. The van der Waals surface area contributed by atoms with Crippen LogP contribution in [-0.4, -0.2) is 40.2 Å². The smallest absolute Gasteiger partial charge is 0.309 e. The van der Waals surface area contributed by atoms with Crippen molar-refractivity contribution in [2.45, 2.75) is 26.4 Å². The van der Waals surface area contributed by atoms with Crippen molar-refractivity contribution in [3.8, 4) is 5.88 Å². The molecule has 4 rings (SSSR count). The van der Waals surface area contributed by atoms with Crippen LogP contribution in [0.25, 0.3) is 10.9 Å². The van der Waals surface area contributed by atoms with Gasteiger partial charge < -0.3 is 9.84 Å². The highest BCUT2D eigenvalue weighted by Crippen LogP contribution is 2.39. The molecule has 7 heteroatoms. The Morgan fingerprint density at radius 2 is 1.77 bits per heavy atom. The van der Waals surface area contributed by atoms with Gasteiger partial charge in [-0.25, -0.2) is 0 Å². The van der Waals surface area contributed by atoms with E-state index in [4.69, 9.17) is 4.74 Å². The summed E-state index contributed by atoms with van der Waals surface area (Å²) in [4.78, 5) is 14.2. The van der Waals surface area contributed by atoms with Crippen LogP contribution in [0.5, 0.6) is 5.88 Å². The minimum Gasteiger partial charge on any atom is -0.493 e. The summed E-state index contributed by atoms with van der Waals surface area (Å²) in [5.74, 6) is -0.0372. The van der Waals surface area contributed by atoms with Gasteiger partial charge in [-0.05, 0) is 38.0 Å². The summed E-state index contributed by atoms with van der Waals surface area (Å²) in [5, 5.41) is 20.4. The Balaban J connectivity index is 1.55. The Morgan fingerprint density at radius 3 is 2.50 bits per heavy atom. The predicted octanol–water partition coefficient (Wildman–Crippen LogP) is 4.99. The van der Waals surface area contributed by atoms with E-state index in [0.29, 0.717) is 19.0 Å². The summed E-state index contributed by atoms with van der Waals surface area (Å²) in [6, 6.07) is 17.3. The number of carbonyl (C=O) groups excluding carboxylic acids is 1. The van der Waals surface area contributed by atoms with Crippen LogP contribution in [0.2, 0.25) is 0 Å². The van der Waals surface area contributed by atoms with Crippen LogP contribution >= 0.6 is 0 Å². The number of carbonyl (C=O) groups is 1. The van der Waals surface area contributed by atoms with Gasteiger partial charge in [0.1, 0.15) is 0 Å². The van der Waals surface area contributed by atoms with Gasteiger partial charge in [-0.2, -0.15) is 5.11 Å². The zero-order chi connectivity index (χ0) is 20.9. The number of esters is 1. The van der Waals surface area contributed by atoms with Gasteiger partial charge >= 0.3 is 5.97 Å². The molecule has 1 saturated heterocycles. The van der Waals surface area contributed by atoms with E-state index in [1.54, 1.807) is 0 Å². The summed E-state index contributed by atoms with van der Waals surface area (Å²) >= 11 is 0. The van der Waals surface area contributed by atoms with Gasteiger partial charge in [0.25, 0.3) is 0 Å². The number of aromatic hydroxyl groups is 1. The molecule has 1 N–H and O–H groups in total. The second-order valence-electron chi connectivity index (χ2n) is 7.44.